The zero-order valence-corrected chi connectivity index (χ0v) is 9.37. The zero-order valence-electron chi connectivity index (χ0n) is 7.71. The van der Waals surface area contributed by atoms with Gasteiger partial charge in [0.2, 0.25) is 0 Å². The fourth-order valence-corrected chi connectivity index (χ4v) is 0.861. The van der Waals surface area contributed by atoms with Gasteiger partial charge in [0, 0.05) is 11.6 Å². The van der Waals surface area contributed by atoms with Crippen molar-refractivity contribution < 1.29 is 22.5 Å². The second-order valence-corrected chi connectivity index (χ2v) is 3.18. The van der Waals surface area contributed by atoms with E-state index in [1.54, 1.807) is 18.2 Å². The summed E-state index contributed by atoms with van der Waals surface area (Å²) in [6, 6.07) is 7.11. The van der Waals surface area contributed by atoms with Crippen LogP contribution in [0.1, 0.15) is 5.56 Å². The van der Waals surface area contributed by atoms with E-state index in [0.717, 1.165) is 5.56 Å². The number of carbonyl (C=O) groups excluding carboxylic acids is 1. The van der Waals surface area contributed by atoms with Crippen molar-refractivity contribution in [3.8, 4) is 5.75 Å². The molecule has 0 heterocycles. The summed E-state index contributed by atoms with van der Waals surface area (Å²) in [5, 5.41) is 0. The van der Waals surface area contributed by atoms with Crippen molar-refractivity contribution in [3.05, 3.63) is 29.8 Å². The minimum absolute atomic E-state index is 0.477. The molecule has 5 nitrogen and oxygen atoms in total. The van der Waals surface area contributed by atoms with Gasteiger partial charge in [-0.25, -0.2) is 13.2 Å². The zero-order chi connectivity index (χ0) is 11.8. The first-order chi connectivity index (χ1) is 6.91. The van der Waals surface area contributed by atoms with Crippen LogP contribution < -0.4 is 4.74 Å². The lowest BCUT2D eigenvalue weighted by atomic mass is 10.2. The molecule has 1 aromatic carbocycles. The molecule has 1 N–H and O–H groups in total. The molecule has 0 saturated heterocycles. The Labute approximate surface area is 93.4 Å². The molecule has 0 unspecified atom stereocenters. The van der Waals surface area contributed by atoms with Gasteiger partial charge in [0.25, 0.3) is 11.0 Å². The number of rotatable bonds is 1. The van der Waals surface area contributed by atoms with Crippen LogP contribution in [-0.2, 0) is 11.0 Å². The fraction of sp³-hybridized carbons (Fsp3) is 0.125. The second kappa shape index (κ2) is 7.22. The summed E-state index contributed by atoms with van der Waals surface area (Å²) in [5.41, 5.74) is 0.219. The molecule has 84 valence electrons. The van der Waals surface area contributed by atoms with Crippen LogP contribution in [-0.4, -0.2) is 18.4 Å². The lowest BCUT2D eigenvalue weighted by molar-refractivity contribution is 0.225. The van der Waals surface area contributed by atoms with Gasteiger partial charge in [-0.2, -0.15) is 0 Å². The normalized spacial score (nSPS) is 9.07. The van der Waals surface area contributed by atoms with Gasteiger partial charge in [0.1, 0.15) is 5.75 Å². The van der Waals surface area contributed by atoms with Crippen molar-refractivity contribution in [2.75, 3.05) is 0 Å². The van der Waals surface area contributed by atoms with E-state index in [1.807, 2.05) is 13.0 Å². The van der Waals surface area contributed by atoms with E-state index < -0.39 is 16.4 Å². The highest BCUT2D eigenvalue weighted by Gasteiger charge is 1.97. The van der Waals surface area contributed by atoms with Gasteiger partial charge in [-0.3, -0.25) is 4.55 Å². The Hall–Kier alpha value is -1.11. The van der Waals surface area contributed by atoms with E-state index in [9.17, 15) is 4.79 Å². The maximum atomic E-state index is 10.3. The largest absolute Gasteiger partial charge is 0.414 e. The highest BCUT2D eigenvalue weighted by Crippen LogP contribution is 2.13. The van der Waals surface area contributed by atoms with Crippen LogP contribution >= 0.6 is 11.6 Å². The number of carbonyl (C=O) groups is 1. The monoisotopic (exact) mass is 252 g/mol. The van der Waals surface area contributed by atoms with Crippen LogP contribution in [0.3, 0.4) is 0 Å². The van der Waals surface area contributed by atoms with Crippen LogP contribution in [0.4, 0.5) is 4.79 Å². The predicted molar refractivity (Wildman–Crippen MR) is 56.0 cm³/mol. The third-order valence-electron chi connectivity index (χ3n) is 1.19. The minimum Gasteiger partial charge on any atom is -0.414 e. The molecule has 0 radical (unpaired) electrons. The van der Waals surface area contributed by atoms with Crippen molar-refractivity contribution >= 4 is 28.0 Å². The number of halogens is 1. The Balaban J connectivity index is 0.000000423. The van der Waals surface area contributed by atoms with Crippen LogP contribution in [0.15, 0.2) is 24.3 Å². The highest BCUT2D eigenvalue weighted by atomic mass is 35.5. The number of benzene rings is 1. The summed E-state index contributed by atoms with van der Waals surface area (Å²) in [6.07, 6.45) is 0. The molecule has 0 aliphatic heterocycles. The van der Waals surface area contributed by atoms with E-state index >= 15 is 0 Å². The summed E-state index contributed by atoms with van der Waals surface area (Å²) >= 11 is 5.00. The molecule has 0 aromatic heterocycles. The van der Waals surface area contributed by atoms with Gasteiger partial charge in [0.05, 0.1) is 0 Å². The van der Waals surface area contributed by atoms with Gasteiger partial charge in [-0.1, -0.05) is 12.1 Å². The first-order valence-electron chi connectivity index (χ1n) is 3.69. The highest BCUT2D eigenvalue weighted by molar-refractivity contribution is 7.66. The van der Waals surface area contributed by atoms with Crippen LogP contribution in [0.2, 0.25) is 0 Å². The molecule has 0 fully saturated rings. The molecule has 0 saturated carbocycles. The maximum absolute atomic E-state index is 10.3. The number of thiol groups is 1. The molecule has 7 heteroatoms. The molecule has 0 aliphatic rings. The van der Waals surface area contributed by atoms with E-state index in [0.29, 0.717) is 5.75 Å². The quantitative estimate of drug-likeness (QED) is 0.453. The molecule has 1 aromatic rings. The predicted octanol–water partition coefficient (Wildman–Crippen LogP) is 1.80. The maximum Gasteiger partial charge on any atom is 0.409 e. The van der Waals surface area contributed by atoms with E-state index in [-0.39, 0.29) is 0 Å². The topological polar surface area (TPSA) is 80.7 Å². The average molecular weight is 253 g/mol. The Morgan fingerprint density at radius 1 is 1.47 bits per heavy atom. The Bertz CT molecular complexity index is 394. The SMILES string of the molecule is Cc1cccc(OC(=O)Cl)c1.O=[SH](=O)O. The number of hydrogen-bond acceptors (Lipinski definition) is 4. The lowest BCUT2D eigenvalue weighted by Crippen LogP contribution is -1.95. The minimum atomic E-state index is -3.12. The van der Waals surface area contributed by atoms with Gasteiger partial charge < -0.3 is 4.74 Å². The Kier molecular flexibility index (Phi) is 6.68. The van der Waals surface area contributed by atoms with Gasteiger partial charge >= 0.3 is 5.43 Å². The molecule has 0 atom stereocenters. The molecule has 15 heavy (non-hydrogen) atoms. The number of hydrogen-bond donors (Lipinski definition) is 2. The fourth-order valence-electron chi connectivity index (χ4n) is 0.771. The van der Waals surface area contributed by atoms with Crippen molar-refractivity contribution in [2.24, 2.45) is 0 Å². The summed E-state index contributed by atoms with van der Waals surface area (Å²) in [6.45, 7) is 1.91. The lowest BCUT2D eigenvalue weighted by Gasteiger charge is -1.98. The molecule has 0 aliphatic carbocycles. The first-order valence-corrected chi connectivity index (χ1v) is 5.20. The number of aryl methyl sites for hydroxylation is 1. The molecule has 1 rings (SSSR count). The average Bonchev–Trinajstić information content (AvgIpc) is 2.00. The molecule has 0 spiro atoms. The van der Waals surface area contributed by atoms with Crippen LogP contribution in [0.5, 0.6) is 5.75 Å². The van der Waals surface area contributed by atoms with Crippen LogP contribution in [0.25, 0.3) is 0 Å². The summed E-state index contributed by atoms with van der Waals surface area (Å²) in [5.74, 6) is 0.477. The number of ether oxygens (including phenoxy) is 1. The molecule has 0 bridgehead atoms. The molecular weight excluding hydrogens is 244 g/mol. The van der Waals surface area contributed by atoms with Crippen molar-refractivity contribution in [2.45, 2.75) is 6.92 Å². The molecular formula is C8H9ClO5S. The van der Waals surface area contributed by atoms with Crippen molar-refractivity contribution in [1.29, 1.82) is 0 Å². The third kappa shape index (κ3) is 9.20. The standard InChI is InChI=1S/C8H7ClO2.H2O3S/c1-6-3-2-4-7(5-6)11-8(9)10;1-4(2)3/h2-5H,1H3;4H,(H,1,2,3). The Morgan fingerprint density at radius 2 is 2.00 bits per heavy atom. The van der Waals surface area contributed by atoms with Crippen molar-refractivity contribution in [3.63, 3.8) is 0 Å². The van der Waals surface area contributed by atoms with Crippen LogP contribution in [0, 0.1) is 6.92 Å². The summed E-state index contributed by atoms with van der Waals surface area (Å²) in [4.78, 5) is 10.3. The van der Waals surface area contributed by atoms with E-state index in [2.05, 4.69) is 4.74 Å². The third-order valence-corrected chi connectivity index (χ3v) is 1.26. The van der Waals surface area contributed by atoms with Crippen molar-refractivity contribution in [1.82, 2.24) is 0 Å². The summed E-state index contributed by atoms with van der Waals surface area (Å²) in [7, 11) is -3.12. The van der Waals surface area contributed by atoms with Gasteiger partial charge in [-0.05, 0) is 24.6 Å². The summed E-state index contributed by atoms with van der Waals surface area (Å²) < 4.78 is 28.8. The van der Waals surface area contributed by atoms with Gasteiger partial charge in [0.15, 0.2) is 0 Å². The first kappa shape index (κ1) is 13.9. The van der Waals surface area contributed by atoms with Gasteiger partial charge in [-0.15, -0.1) is 0 Å². The Morgan fingerprint density at radius 3 is 2.40 bits per heavy atom. The smallest absolute Gasteiger partial charge is 0.409 e. The molecule has 0 amide bonds. The second-order valence-electron chi connectivity index (χ2n) is 2.39. The van der Waals surface area contributed by atoms with E-state index in [1.165, 1.54) is 0 Å². The van der Waals surface area contributed by atoms with E-state index in [4.69, 9.17) is 24.6 Å².